The first-order chi connectivity index (χ1) is 9.49. The number of hydrogen-bond acceptors (Lipinski definition) is 4. The third-order valence-corrected chi connectivity index (χ3v) is 3.66. The molecule has 1 aromatic heterocycles. The Morgan fingerprint density at radius 2 is 2.00 bits per heavy atom. The number of rotatable bonds is 5. The standard InChI is InChI=1S/C14H20ClN5/c1-9(2)4-5-10(3)20-14(17-18-19-20)11-6-7-13(16)12(15)8-11/h6-10H,4-5,16H2,1-3H3. The van der Waals surface area contributed by atoms with Crippen LogP contribution in [0.2, 0.25) is 5.02 Å². The first-order valence-electron chi connectivity index (χ1n) is 6.82. The molecule has 0 saturated carbocycles. The molecule has 6 heteroatoms. The van der Waals surface area contributed by atoms with Gasteiger partial charge in [-0.3, -0.25) is 0 Å². The normalized spacial score (nSPS) is 12.8. The molecule has 5 nitrogen and oxygen atoms in total. The van der Waals surface area contributed by atoms with Crippen molar-refractivity contribution in [2.75, 3.05) is 5.73 Å². The predicted octanol–water partition coefficient (Wildman–Crippen LogP) is 3.57. The number of benzene rings is 1. The highest BCUT2D eigenvalue weighted by atomic mass is 35.5. The van der Waals surface area contributed by atoms with E-state index in [-0.39, 0.29) is 6.04 Å². The van der Waals surface area contributed by atoms with Gasteiger partial charge in [-0.1, -0.05) is 25.4 Å². The second-order valence-corrected chi connectivity index (χ2v) is 5.91. The van der Waals surface area contributed by atoms with Gasteiger partial charge in [-0.05, 0) is 54.3 Å². The summed E-state index contributed by atoms with van der Waals surface area (Å²) < 4.78 is 1.85. The summed E-state index contributed by atoms with van der Waals surface area (Å²) in [6, 6.07) is 5.71. The number of hydrogen-bond donors (Lipinski definition) is 1. The fraction of sp³-hybridized carbons (Fsp3) is 0.500. The molecule has 0 amide bonds. The van der Waals surface area contributed by atoms with Crippen molar-refractivity contribution >= 4 is 17.3 Å². The van der Waals surface area contributed by atoms with Crippen LogP contribution in [0.3, 0.4) is 0 Å². The van der Waals surface area contributed by atoms with E-state index in [1.807, 2.05) is 10.7 Å². The van der Waals surface area contributed by atoms with Gasteiger partial charge in [0.2, 0.25) is 0 Å². The lowest BCUT2D eigenvalue weighted by atomic mass is 10.0. The molecule has 0 aliphatic heterocycles. The van der Waals surface area contributed by atoms with Crippen LogP contribution in [-0.2, 0) is 0 Å². The summed E-state index contributed by atoms with van der Waals surface area (Å²) in [7, 11) is 0. The third-order valence-electron chi connectivity index (χ3n) is 3.33. The summed E-state index contributed by atoms with van der Waals surface area (Å²) in [6.07, 6.45) is 2.18. The molecule has 2 rings (SSSR count). The van der Waals surface area contributed by atoms with Crippen LogP contribution < -0.4 is 5.73 Å². The lowest BCUT2D eigenvalue weighted by Crippen LogP contribution is -2.10. The third kappa shape index (κ3) is 3.28. The van der Waals surface area contributed by atoms with Crippen molar-refractivity contribution in [2.45, 2.75) is 39.7 Å². The van der Waals surface area contributed by atoms with Gasteiger partial charge in [0.15, 0.2) is 5.82 Å². The Morgan fingerprint density at radius 3 is 2.65 bits per heavy atom. The Labute approximate surface area is 124 Å². The van der Waals surface area contributed by atoms with E-state index in [1.54, 1.807) is 12.1 Å². The van der Waals surface area contributed by atoms with Gasteiger partial charge in [0.25, 0.3) is 0 Å². The summed E-state index contributed by atoms with van der Waals surface area (Å²) in [5.74, 6) is 1.39. The number of aromatic nitrogens is 4. The number of anilines is 1. The molecule has 0 bridgehead atoms. The van der Waals surface area contributed by atoms with Crippen LogP contribution in [0.15, 0.2) is 18.2 Å². The second kappa shape index (κ2) is 6.22. The zero-order valence-electron chi connectivity index (χ0n) is 12.0. The van der Waals surface area contributed by atoms with Crippen molar-refractivity contribution in [1.29, 1.82) is 0 Å². The molecule has 0 saturated heterocycles. The molecule has 0 aliphatic rings. The van der Waals surface area contributed by atoms with Crippen molar-refractivity contribution in [3.05, 3.63) is 23.2 Å². The van der Waals surface area contributed by atoms with Gasteiger partial charge in [-0.2, -0.15) is 0 Å². The Morgan fingerprint density at radius 1 is 1.25 bits per heavy atom. The topological polar surface area (TPSA) is 69.6 Å². The van der Waals surface area contributed by atoms with Gasteiger partial charge in [0.1, 0.15) is 0 Å². The van der Waals surface area contributed by atoms with Crippen LogP contribution in [0.4, 0.5) is 5.69 Å². The van der Waals surface area contributed by atoms with E-state index in [2.05, 4.69) is 36.3 Å². The van der Waals surface area contributed by atoms with Crippen LogP contribution in [0.1, 0.15) is 39.7 Å². The highest BCUT2D eigenvalue weighted by Gasteiger charge is 2.15. The van der Waals surface area contributed by atoms with Crippen molar-refractivity contribution < 1.29 is 0 Å². The SMILES string of the molecule is CC(C)CCC(C)n1nnnc1-c1ccc(N)c(Cl)c1. The fourth-order valence-electron chi connectivity index (χ4n) is 2.04. The summed E-state index contributed by atoms with van der Waals surface area (Å²) in [5.41, 5.74) is 7.17. The molecule has 0 spiro atoms. The Kier molecular flexibility index (Phi) is 4.60. The molecule has 1 heterocycles. The fourth-order valence-corrected chi connectivity index (χ4v) is 2.22. The number of nitrogens with zero attached hydrogens (tertiary/aromatic N) is 4. The van der Waals surface area contributed by atoms with Crippen LogP contribution in [0, 0.1) is 5.92 Å². The van der Waals surface area contributed by atoms with Gasteiger partial charge >= 0.3 is 0 Å². The van der Waals surface area contributed by atoms with E-state index in [0.29, 0.717) is 16.6 Å². The number of nitrogen functional groups attached to an aromatic ring is 1. The highest BCUT2D eigenvalue weighted by Crippen LogP contribution is 2.27. The number of halogens is 1. The Balaban J connectivity index is 2.25. The maximum atomic E-state index is 6.06. The molecule has 1 unspecified atom stereocenters. The van der Waals surface area contributed by atoms with Crippen molar-refractivity contribution in [3.63, 3.8) is 0 Å². The van der Waals surface area contributed by atoms with E-state index >= 15 is 0 Å². The molecule has 0 fully saturated rings. The minimum Gasteiger partial charge on any atom is -0.398 e. The smallest absolute Gasteiger partial charge is 0.182 e. The van der Waals surface area contributed by atoms with Crippen molar-refractivity contribution in [3.8, 4) is 11.4 Å². The van der Waals surface area contributed by atoms with Crippen molar-refractivity contribution in [1.82, 2.24) is 20.2 Å². The minimum atomic E-state index is 0.249. The molecule has 108 valence electrons. The Hall–Kier alpha value is -1.62. The Bertz CT molecular complexity index is 579. The van der Waals surface area contributed by atoms with Gasteiger partial charge in [-0.25, -0.2) is 4.68 Å². The van der Waals surface area contributed by atoms with Crippen LogP contribution in [0.5, 0.6) is 0 Å². The monoisotopic (exact) mass is 293 g/mol. The van der Waals surface area contributed by atoms with Gasteiger partial charge in [0.05, 0.1) is 16.8 Å². The molecule has 0 aliphatic carbocycles. The molecule has 2 aromatic rings. The lowest BCUT2D eigenvalue weighted by molar-refractivity contribution is 0.406. The molecule has 2 N–H and O–H groups in total. The zero-order chi connectivity index (χ0) is 14.7. The number of nitrogens with two attached hydrogens (primary N) is 1. The van der Waals surface area contributed by atoms with Gasteiger partial charge < -0.3 is 5.73 Å². The average Bonchev–Trinajstić information content (AvgIpc) is 2.88. The molecular formula is C14H20ClN5. The molecule has 20 heavy (non-hydrogen) atoms. The summed E-state index contributed by atoms with van der Waals surface area (Å²) >= 11 is 6.06. The average molecular weight is 294 g/mol. The minimum absolute atomic E-state index is 0.249. The van der Waals surface area contributed by atoms with Crippen LogP contribution >= 0.6 is 11.6 Å². The maximum absolute atomic E-state index is 6.06. The van der Waals surface area contributed by atoms with Crippen molar-refractivity contribution in [2.24, 2.45) is 5.92 Å². The van der Waals surface area contributed by atoms with Gasteiger partial charge in [-0.15, -0.1) is 5.10 Å². The first-order valence-corrected chi connectivity index (χ1v) is 7.20. The van der Waals surface area contributed by atoms with E-state index in [1.165, 1.54) is 0 Å². The quantitative estimate of drug-likeness (QED) is 0.856. The van der Waals surface area contributed by atoms with E-state index in [9.17, 15) is 0 Å². The number of tetrazole rings is 1. The second-order valence-electron chi connectivity index (χ2n) is 5.50. The zero-order valence-corrected chi connectivity index (χ0v) is 12.8. The molecule has 1 aromatic carbocycles. The summed E-state index contributed by atoms with van der Waals surface area (Å²) in [5, 5.41) is 12.5. The summed E-state index contributed by atoms with van der Waals surface area (Å²) in [6.45, 7) is 6.56. The first kappa shape index (κ1) is 14.8. The van der Waals surface area contributed by atoms with E-state index < -0.39 is 0 Å². The van der Waals surface area contributed by atoms with E-state index in [4.69, 9.17) is 17.3 Å². The van der Waals surface area contributed by atoms with Gasteiger partial charge in [0, 0.05) is 5.56 Å². The van der Waals surface area contributed by atoms with Crippen LogP contribution in [-0.4, -0.2) is 20.2 Å². The molecule has 1 atom stereocenters. The van der Waals surface area contributed by atoms with Crippen LogP contribution in [0.25, 0.3) is 11.4 Å². The molecule has 0 radical (unpaired) electrons. The highest BCUT2D eigenvalue weighted by molar-refractivity contribution is 6.33. The predicted molar refractivity (Wildman–Crippen MR) is 81.5 cm³/mol. The molecular weight excluding hydrogens is 274 g/mol. The largest absolute Gasteiger partial charge is 0.398 e. The summed E-state index contributed by atoms with van der Waals surface area (Å²) in [4.78, 5) is 0. The lowest BCUT2D eigenvalue weighted by Gasteiger charge is -2.14. The maximum Gasteiger partial charge on any atom is 0.182 e. The van der Waals surface area contributed by atoms with E-state index in [0.717, 1.165) is 24.2 Å².